The monoisotopic (exact) mass is 256 g/mol. The molecule has 0 amide bonds. The molecule has 0 bridgehead atoms. The third kappa shape index (κ3) is 3.03. The summed E-state index contributed by atoms with van der Waals surface area (Å²) in [7, 11) is 0. The average Bonchev–Trinajstić information content (AvgIpc) is 2.75. The fourth-order valence-electron chi connectivity index (χ4n) is 2.53. The number of benzene rings is 1. The summed E-state index contributed by atoms with van der Waals surface area (Å²) in [6, 6.07) is 10.4. The minimum Gasteiger partial charge on any atom is -0.315 e. The van der Waals surface area contributed by atoms with E-state index in [2.05, 4.69) is 44.0 Å². The number of imidazole rings is 1. The summed E-state index contributed by atoms with van der Waals surface area (Å²) >= 11 is 0. The molecule has 0 spiro atoms. The van der Waals surface area contributed by atoms with Gasteiger partial charge in [-0.3, -0.25) is 4.90 Å². The zero-order valence-corrected chi connectivity index (χ0v) is 11.1. The van der Waals surface area contributed by atoms with Gasteiger partial charge in [-0.15, -0.1) is 0 Å². The van der Waals surface area contributed by atoms with E-state index in [0.29, 0.717) is 0 Å². The van der Waals surface area contributed by atoms with Crippen LogP contribution in [0.4, 0.5) is 0 Å². The summed E-state index contributed by atoms with van der Waals surface area (Å²) < 4.78 is 2.18. The van der Waals surface area contributed by atoms with Crippen molar-refractivity contribution in [3.05, 3.63) is 48.5 Å². The van der Waals surface area contributed by atoms with Gasteiger partial charge in [0.15, 0.2) is 0 Å². The van der Waals surface area contributed by atoms with Crippen molar-refractivity contribution in [1.29, 1.82) is 0 Å². The van der Waals surface area contributed by atoms with Gasteiger partial charge in [-0.05, 0) is 31.6 Å². The molecule has 1 aromatic heterocycles. The molecule has 100 valence electrons. The Labute approximate surface area is 114 Å². The van der Waals surface area contributed by atoms with E-state index in [1.807, 2.05) is 18.5 Å². The molecule has 2 aromatic rings. The second-order valence-electron chi connectivity index (χ2n) is 4.93. The molecule has 0 saturated carbocycles. The maximum Gasteiger partial charge on any atom is 0.127 e. The molecule has 0 unspecified atom stereocenters. The number of para-hydroxylation sites is 1. The summed E-state index contributed by atoms with van der Waals surface area (Å²) in [6.07, 6.45) is 5.14. The first-order valence-electron chi connectivity index (χ1n) is 6.94. The second kappa shape index (κ2) is 5.99. The van der Waals surface area contributed by atoms with Crippen molar-refractivity contribution >= 4 is 0 Å². The minimum absolute atomic E-state index is 0.920. The van der Waals surface area contributed by atoms with Crippen molar-refractivity contribution < 1.29 is 0 Å². The zero-order chi connectivity index (χ0) is 12.9. The molecule has 1 fully saturated rings. The Kier molecular flexibility index (Phi) is 3.91. The van der Waals surface area contributed by atoms with E-state index < -0.39 is 0 Å². The zero-order valence-electron chi connectivity index (χ0n) is 11.1. The largest absolute Gasteiger partial charge is 0.315 e. The van der Waals surface area contributed by atoms with Crippen LogP contribution in [0.15, 0.2) is 42.7 Å². The lowest BCUT2D eigenvalue weighted by molar-refractivity contribution is 0.276. The highest BCUT2D eigenvalue weighted by molar-refractivity contribution is 5.32. The highest BCUT2D eigenvalue weighted by Gasteiger charge is 2.12. The van der Waals surface area contributed by atoms with Gasteiger partial charge in [0.25, 0.3) is 0 Å². The van der Waals surface area contributed by atoms with Crippen LogP contribution in [0, 0.1) is 0 Å². The van der Waals surface area contributed by atoms with Gasteiger partial charge in [0.1, 0.15) is 5.82 Å². The van der Waals surface area contributed by atoms with Crippen LogP contribution in [0.25, 0.3) is 5.69 Å². The lowest BCUT2D eigenvalue weighted by Gasteiger charge is -2.19. The van der Waals surface area contributed by atoms with E-state index in [-0.39, 0.29) is 0 Å². The van der Waals surface area contributed by atoms with Gasteiger partial charge in [-0.1, -0.05) is 18.2 Å². The lowest BCUT2D eigenvalue weighted by atomic mass is 10.3. The van der Waals surface area contributed by atoms with E-state index >= 15 is 0 Å². The first kappa shape index (κ1) is 12.4. The molecule has 4 nitrogen and oxygen atoms in total. The summed E-state index contributed by atoms with van der Waals surface area (Å²) in [4.78, 5) is 6.99. The predicted molar refractivity (Wildman–Crippen MR) is 76.3 cm³/mol. The summed E-state index contributed by atoms with van der Waals surface area (Å²) in [5, 5.41) is 3.43. The standard InChI is InChI=1S/C15H20N4/c1-2-5-14(6-3-1)19-12-9-17-15(19)13-18-10-4-7-16-8-11-18/h1-3,5-6,9,12,16H,4,7-8,10-11,13H2. The van der Waals surface area contributed by atoms with Crippen molar-refractivity contribution in [2.24, 2.45) is 0 Å². The van der Waals surface area contributed by atoms with E-state index in [0.717, 1.165) is 38.5 Å². The Morgan fingerprint density at radius 3 is 2.89 bits per heavy atom. The van der Waals surface area contributed by atoms with Crippen LogP contribution < -0.4 is 5.32 Å². The minimum atomic E-state index is 0.920. The second-order valence-corrected chi connectivity index (χ2v) is 4.93. The Bertz CT molecular complexity index is 498. The van der Waals surface area contributed by atoms with Crippen molar-refractivity contribution in [2.45, 2.75) is 13.0 Å². The molecular formula is C15H20N4. The van der Waals surface area contributed by atoms with Gasteiger partial charge in [0, 0.05) is 31.2 Å². The molecule has 1 aliphatic heterocycles. The van der Waals surface area contributed by atoms with Gasteiger partial charge in [0.2, 0.25) is 0 Å². The molecule has 2 heterocycles. The molecule has 1 aliphatic rings. The topological polar surface area (TPSA) is 33.1 Å². The molecule has 0 radical (unpaired) electrons. The van der Waals surface area contributed by atoms with Crippen molar-refractivity contribution in [2.75, 3.05) is 26.2 Å². The number of aromatic nitrogens is 2. The van der Waals surface area contributed by atoms with Gasteiger partial charge in [0.05, 0.1) is 6.54 Å². The first-order chi connectivity index (χ1) is 9.43. The number of nitrogens with one attached hydrogen (secondary N) is 1. The van der Waals surface area contributed by atoms with Crippen LogP contribution in [0.1, 0.15) is 12.2 Å². The summed E-state index contributed by atoms with van der Waals surface area (Å²) in [5.41, 5.74) is 1.18. The predicted octanol–water partition coefficient (Wildman–Crippen LogP) is 1.67. The number of nitrogens with zero attached hydrogens (tertiary/aromatic N) is 3. The highest BCUT2D eigenvalue weighted by atomic mass is 15.2. The van der Waals surface area contributed by atoms with Crippen LogP contribution in [0.5, 0.6) is 0 Å². The van der Waals surface area contributed by atoms with Crippen LogP contribution in [0.2, 0.25) is 0 Å². The molecule has 1 aromatic carbocycles. The first-order valence-corrected chi connectivity index (χ1v) is 6.94. The Balaban J connectivity index is 1.76. The van der Waals surface area contributed by atoms with Crippen molar-refractivity contribution in [1.82, 2.24) is 19.8 Å². The van der Waals surface area contributed by atoms with Gasteiger partial charge < -0.3 is 9.88 Å². The number of hydrogen-bond acceptors (Lipinski definition) is 3. The molecule has 0 atom stereocenters. The third-order valence-corrected chi connectivity index (χ3v) is 3.55. The fraction of sp³-hybridized carbons (Fsp3) is 0.400. The molecule has 1 saturated heterocycles. The average molecular weight is 256 g/mol. The van der Waals surface area contributed by atoms with Gasteiger partial charge in [-0.2, -0.15) is 0 Å². The van der Waals surface area contributed by atoms with Crippen LogP contribution in [-0.2, 0) is 6.54 Å². The Hall–Kier alpha value is -1.65. The Morgan fingerprint density at radius 2 is 2.00 bits per heavy atom. The third-order valence-electron chi connectivity index (χ3n) is 3.55. The molecule has 19 heavy (non-hydrogen) atoms. The van der Waals surface area contributed by atoms with Crippen LogP contribution in [-0.4, -0.2) is 40.6 Å². The number of rotatable bonds is 3. The molecule has 3 rings (SSSR count). The van der Waals surface area contributed by atoms with E-state index in [9.17, 15) is 0 Å². The fourth-order valence-corrected chi connectivity index (χ4v) is 2.53. The smallest absolute Gasteiger partial charge is 0.127 e. The van der Waals surface area contributed by atoms with E-state index in [1.54, 1.807) is 0 Å². The SMILES string of the molecule is c1ccc(-n2ccnc2CN2CCCNCC2)cc1. The van der Waals surface area contributed by atoms with E-state index in [4.69, 9.17) is 0 Å². The maximum atomic E-state index is 4.52. The van der Waals surface area contributed by atoms with Gasteiger partial charge in [-0.25, -0.2) is 4.98 Å². The maximum absolute atomic E-state index is 4.52. The summed E-state index contributed by atoms with van der Waals surface area (Å²) in [6.45, 7) is 5.37. The summed E-state index contributed by atoms with van der Waals surface area (Å²) in [5.74, 6) is 1.12. The van der Waals surface area contributed by atoms with Crippen LogP contribution in [0.3, 0.4) is 0 Å². The molecular weight excluding hydrogens is 236 g/mol. The molecule has 0 aliphatic carbocycles. The van der Waals surface area contributed by atoms with Crippen molar-refractivity contribution in [3.8, 4) is 5.69 Å². The van der Waals surface area contributed by atoms with Crippen LogP contribution >= 0.6 is 0 Å². The Morgan fingerprint density at radius 1 is 1.11 bits per heavy atom. The van der Waals surface area contributed by atoms with E-state index in [1.165, 1.54) is 12.1 Å². The highest BCUT2D eigenvalue weighted by Crippen LogP contribution is 2.12. The lowest BCUT2D eigenvalue weighted by Crippen LogP contribution is -2.28. The quantitative estimate of drug-likeness (QED) is 0.907. The number of hydrogen-bond donors (Lipinski definition) is 1. The molecule has 4 heteroatoms. The molecule has 1 N–H and O–H groups in total. The van der Waals surface area contributed by atoms with Gasteiger partial charge >= 0.3 is 0 Å². The van der Waals surface area contributed by atoms with Crippen molar-refractivity contribution in [3.63, 3.8) is 0 Å². The normalized spacial score (nSPS) is 17.3.